The maximum Gasteiger partial charge on any atom is 0.246 e. The molecular formula is C22H33IN4O2. The molecule has 0 saturated heterocycles. The van der Waals surface area contributed by atoms with Crippen LogP contribution in [-0.2, 0) is 4.79 Å². The molecule has 0 spiro atoms. The molecule has 7 heteroatoms. The lowest BCUT2D eigenvalue weighted by molar-refractivity contribution is -0.114. The number of anilines is 1. The minimum Gasteiger partial charge on any atom is -0.396 e. The first kappa shape index (κ1) is 25.2. The van der Waals surface area contributed by atoms with Crippen LogP contribution in [-0.4, -0.2) is 43.2 Å². The summed E-state index contributed by atoms with van der Waals surface area (Å²) < 4.78 is 0. The fourth-order valence-electron chi connectivity index (χ4n) is 3.71. The van der Waals surface area contributed by atoms with E-state index in [-0.39, 0.29) is 48.5 Å². The molecule has 160 valence electrons. The Morgan fingerprint density at radius 3 is 2.69 bits per heavy atom. The van der Waals surface area contributed by atoms with E-state index in [2.05, 4.69) is 26.9 Å². The molecule has 29 heavy (non-hydrogen) atoms. The number of nitrogens with zero attached hydrogens (tertiary/aromatic N) is 1. The lowest BCUT2D eigenvalue weighted by atomic mass is 9.72. The molecule has 2 rings (SSSR count). The second-order valence-corrected chi connectivity index (χ2v) is 7.36. The summed E-state index contributed by atoms with van der Waals surface area (Å²) in [6.07, 6.45) is 12.1. The van der Waals surface area contributed by atoms with Crippen LogP contribution in [0.2, 0.25) is 0 Å². The van der Waals surface area contributed by atoms with E-state index in [9.17, 15) is 9.90 Å². The average molecular weight is 512 g/mol. The first-order valence-corrected chi connectivity index (χ1v) is 10.1. The molecule has 0 radical (unpaired) electrons. The van der Waals surface area contributed by atoms with Crippen LogP contribution in [0.1, 0.15) is 51.0 Å². The highest BCUT2D eigenvalue weighted by Gasteiger charge is 2.31. The highest BCUT2D eigenvalue weighted by atomic mass is 127. The molecule has 1 aliphatic rings. The van der Waals surface area contributed by atoms with Crippen LogP contribution in [0.3, 0.4) is 0 Å². The Balaban J connectivity index is 0.00000420. The van der Waals surface area contributed by atoms with Crippen molar-refractivity contribution in [3.8, 4) is 12.3 Å². The van der Waals surface area contributed by atoms with Crippen LogP contribution in [0.25, 0.3) is 0 Å². The van der Waals surface area contributed by atoms with Crippen molar-refractivity contribution in [1.82, 2.24) is 10.6 Å². The van der Waals surface area contributed by atoms with Crippen LogP contribution in [0.4, 0.5) is 5.69 Å². The van der Waals surface area contributed by atoms with Gasteiger partial charge in [-0.25, -0.2) is 4.99 Å². The monoisotopic (exact) mass is 512 g/mol. The van der Waals surface area contributed by atoms with Crippen molar-refractivity contribution in [3.63, 3.8) is 0 Å². The number of carbonyl (C=O) groups excluding carboxylic acids is 1. The molecule has 1 fully saturated rings. The number of aliphatic hydroxyl groups is 1. The van der Waals surface area contributed by atoms with E-state index in [1.165, 1.54) is 19.3 Å². The zero-order valence-corrected chi connectivity index (χ0v) is 19.5. The van der Waals surface area contributed by atoms with Gasteiger partial charge in [-0.2, -0.15) is 0 Å². The van der Waals surface area contributed by atoms with Crippen LogP contribution in [0.15, 0.2) is 29.3 Å². The Hall–Kier alpha value is -1.79. The van der Waals surface area contributed by atoms with Gasteiger partial charge in [-0.1, -0.05) is 31.2 Å². The molecule has 0 heterocycles. The van der Waals surface area contributed by atoms with Crippen molar-refractivity contribution in [2.24, 2.45) is 10.4 Å². The van der Waals surface area contributed by atoms with Gasteiger partial charge in [-0.05, 0) is 49.8 Å². The average Bonchev–Trinajstić information content (AvgIpc) is 2.71. The number of amides is 1. The van der Waals surface area contributed by atoms with Crippen molar-refractivity contribution in [1.29, 1.82) is 0 Å². The van der Waals surface area contributed by atoms with Crippen molar-refractivity contribution < 1.29 is 9.90 Å². The highest BCUT2D eigenvalue weighted by Crippen LogP contribution is 2.38. The Bertz CT molecular complexity index is 703. The van der Waals surface area contributed by atoms with Gasteiger partial charge in [0.25, 0.3) is 0 Å². The molecular weight excluding hydrogens is 479 g/mol. The Kier molecular flexibility index (Phi) is 11.7. The molecule has 0 aliphatic heterocycles. The van der Waals surface area contributed by atoms with Crippen LogP contribution >= 0.6 is 24.0 Å². The summed E-state index contributed by atoms with van der Waals surface area (Å²) >= 11 is 0. The largest absolute Gasteiger partial charge is 0.396 e. The zero-order valence-electron chi connectivity index (χ0n) is 17.2. The number of halogens is 1. The molecule has 6 nitrogen and oxygen atoms in total. The van der Waals surface area contributed by atoms with E-state index in [4.69, 9.17) is 6.42 Å². The van der Waals surface area contributed by atoms with Gasteiger partial charge in [0.1, 0.15) is 6.54 Å². The van der Waals surface area contributed by atoms with Crippen LogP contribution in [0, 0.1) is 17.8 Å². The third-order valence-electron chi connectivity index (χ3n) is 5.23. The summed E-state index contributed by atoms with van der Waals surface area (Å²) in [5, 5.41) is 18.8. The summed E-state index contributed by atoms with van der Waals surface area (Å²) in [7, 11) is 0. The van der Waals surface area contributed by atoms with Gasteiger partial charge in [0.2, 0.25) is 5.91 Å². The van der Waals surface area contributed by atoms with Gasteiger partial charge in [-0.15, -0.1) is 30.4 Å². The normalized spacial score (nSPS) is 15.6. The van der Waals surface area contributed by atoms with Crippen molar-refractivity contribution >= 4 is 41.5 Å². The van der Waals surface area contributed by atoms with E-state index in [0.29, 0.717) is 18.2 Å². The summed E-state index contributed by atoms with van der Waals surface area (Å²) in [6.45, 7) is 3.68. The second kappa shape index (κ2) is 13.4. The van der Waals surface area contributed by atoms with Gasteiger partial charge < -0.3 is 21.1 Å². The minimum absolute atomic E-state index is 0. The first-order valence-electron chi connectivity index (χ1n) is 10.1. The summed E-state index contributed by atoms with van der Waals surface area (Å²) in [5.41, 5.74) is 1.50. The molecule has 1 amide bonds. The number of carbonyl (C=O) groups is 1. The lowest BCUT2D eigenvalue weighted by Crippen LogP contribution is -2.45. The summed E-state index contributed by atoms with van der Waals surface area (Å²) in [5.74, 6) is 2.98. The summed E-state index contributed by atoms with van der Waals surface area (Å²) in [6, 6.07) is 7.18. The highest BCUT2D eigenvalue weighted by molar-refractivity contribution is 14.0. The quantitative estimate of drug-likeness (QED) is 0.187. The lowest BCUT2D eigenvalue weighted by Gasteiger charge is -2.37. The fraction of sp³-hybridized carbons (Fsp3) is 0.545. The maximum atomic E-state index is 12.2. The van der Waals surface area contributed by atoms with Gasteiger partial charge >= 0.3 is 0 Å². The van der Waals surface area contributed by atoms with Gasteiger partial charge in [0, 0.05) is 30.9 Å². The van der Waals surface area contributed by atoms with Gasteiger partial charge in [-0.3, -0.25) is 4.79 Å². The third-order valence-corrected chi connectivity index (χ3v) is 5.23. The number of hydrogen-bond donors (Lipinski definition) is 4. The number of benzene rings is 1. The number of hydrogen-bond acceptors (Lipinski definition) is 3. The Morgan fingerprint density at radius 1 is 1.28 bits per heavy atom. The van der Waals surface area contributed by atoms with Gasteiger partial charge in [0.15, 0.2) is 5.96 Å². The molecule has 1 aromatic rings. The van der Waals surface area contributed by atoms with E-state index in [0.717, 1.165) is 31.4 Å². The molecule has 0 unspecified atom stereocenters. The first-order chi connectivity index (χ1) is 13.6. The molecule has 0 atom stereocenters. The fourth-order valence-corrected chi connectivity index (χ4v) is 3.71. The van der Waals surface area contributed by atoms with Crippen molar-refractivity contribution in [3.05, 3.63) is 29.8 Å². The van der Waals surface area contributed by atoms with Crippen molar-refractivity contribution in [2.45, 2.75) is 45.4 Å². The van der Waals surface area contributed by atoms with Gasteiger partial charge in [0.05, 0.1) is 0 Å². The Morgan fingerprint density at radius 2 is 2.03 bits per heavy atom. The molecule has 1 aromatic carbocycles. The standard InChI is InChI=1S/C22H32N4O2.HI/c1-3-18-9-8-10-19(15-18)26-20(28)16-24-21(23-4-2)25-17-22(13-14-27)11-6-5-7-12-22;/h1,8-10,15,27H,4-7,11-14,16-17H2,2H3,(H,26,28)(H2,23,24,25);1H. The number of aliphatic imine (C=N–C) groups is 1. The summed E-state index contributed by atoms with van der Waals surface area (Å²) in [4.78, 5) is 16.6. The molecule has 1 saturated carbocycles. The van der Waals surface area contributed by atoms with E-state index in [1.807, 2.05) is 19.1 Å². The van der Waals surface area contributed by atoms with E-state index >= 15 is 0 Å². The molecule has 1 aliphatic carbocycles. The number of aliphatic hydroxyl groups excluding tert-OH is 1. The van der Waals surface area contributed by atoms with Crippen molar-refractivity contribution in [2.75, 3.05) is 31.6 Å². The van der Waals surface area contributed by atoms with E-state index in [1.54, 1.807) is 12.1 Å². The topological polar surface area (TPSA) is 85.8 Å². The zero-order chi connectivity index (χ0) is 20.2. The smallest absolute Gasteiger partial charge is 0.246 e. The minimum atomic E-state index is -0.200. The van der Waals surface area contributed by atoms with E-state index < -0.39 is 0 Å². The predicted molar refractivity (Wildman–Crippen MR) is 130 cm³/mol. The number of nitrogens with one attached hydrogen (secondary N) is 3. The number of rotatable bonds is 8. The molecule has 0 bridgehead atoms. The molecule has 4 N–H and O–H groups in total. The maximum absolute atomic E-state index is 12.2. The number of terminal acetylenes is 1. The van der Waals surface area contributed by atoms with Crippen LogP contribution < -0.4 is 16.0 Å². The second-order valence-electron chi connectivity index (χ2n) is 7.36. The Labute approximate surface area is 191 Å². The SMILES string of the molecule is C#Cc1cccc(NC(=O)CN=C(NCC)NCC2(CCO)CCCCC2)c1.I. The predicted octanol–water partition coefficient (Wildman–Crippen LogP) is 3.11. The number of guanidine groups is 1. The molecule has 0 aromatic heterocycles. The third kappa shape index (κ3) is 8.62. The van der Waals surface area contributed by atoms with Crippen LogP contribution in [0.5, 0.6) is 0 Å².